The Kier molecular flexibility index (Phi) is 4.75. The van der Waals surface area contributed by atoms with Gasteiger partial charge >= 0.3 is 5.97 Å². The summed E-state index contributed by atoms with van der Waals surface area (Å²) in [4.78, 5) is 10.6. The molecule has 0 saturated heterocycles. The van der Waals surface area contributed by atoms with Crippen LogP contribution in [0.15, 0.2) is 0 Å². The number of thioether (sulfide) groups is 1. The molecule has 3 unspecified atom stereocenters. The molecule has 1 rings (SSSR count). The first-order valence-electron chi connectivity index (χ1n) is 5.13. The van der Waals surface area contributed by atoms with E-state index in [-0.39, 0.29) is 17.3 Å². The number of hydrogen-bond donors (Lipinski definition) is 2. The van der Waals surface area contributed by atoms with E-state index >= 15 is 0 Å². The van der Waals surface area contributed by atoms with Gasteiger partial charge in [-0.2, -0.15) is 11.8 Å². The maximum Gasteiger partial charge on any atom is 0.307 e. The van der Waals surface area contributed by atoms with E-state index < -0.39 is 5.97 Å². The van der Waals surface area contributed by atoms with Gasteiger partial charge in [0.25, 0.3) is 0 Å². The number of rotatable bonds is 4. The molecule has 82 valence electrons. The van der Waals surface area contributed by atoms with Crippen molar-refractivity contribution in [1.29, 1.82) is 0 Å². The van der Waals surface area contributed by atoms with Crippen molar-refractivity contribution in [1.82, 2.24) is 0 Å². The predicted molar refractivity (Wildman–Crippen MR) is 57.5 cm³/mol. The first-order valence-corrected chi connectivity index (χ1v) is 6.18. The van der Waals surface area contributed by atoms with Crippen LogP contribution >= 0.6 is 11.8 Å². The van der Waals surface area contributed by atoms with E-state index in [0.29, 0.717) is 5.75 Å². The summed E-state index contributed by atoms with van der Waals surface area (Å²) >= 11 is 1.61. The Hall–Kier alpha value is -0.220. The zero-order valence-corrected chi connectivity index (χ0v) is 9.30. The predicted octanol–water partition coefficient (Wildman–Crippen LogP) is 1.74. The van der Waals surface area contributed by atoms with Crippen LogP contribution in [0.25, 0.3) is 0 Å². The Morgan fingerprint density at radius 3 is 2.71 bits per heavy atom. The van der Waals surface area contributed by atoms with E-state index in [4.69, 9.17) is 5.11 Å². The van der Waals surface area contributed by atoms with Crippen LogP contribution in [-0.2, 0) is 4.79 Å². The highest BCUT2D eigenvalue weighted by Gasteiger charge is 2.24. The molecule has 0 radical (unpaired) electrons. The first-order chi connectivity index (χ1) is 6.61. The van der Waals surface area contributed by atoms with E-state index in [2.05, 4.69) is 0 Å². The van der Waals surface area contributed by atoms with Gasteiger partial charge in [0, 0.05) is 11.0 Å². The lowest BCUT2D eigenvalue weighted by molar-refractivity contribution is -0.140. The molecule has 1 aliphatic carbocycles. The molecule has 0 aromatic rings. The first kappa shape index (κ1) is 11.9. The van der Waals surface area contributed by atoms with Crippen molar-refractivity contribution in [3.8, 4) is 0 Å². The highest BCUT2D eigenvalue weighted by atomic mass is 32.2. The average Bonchev–Trinajstić information content (AvgIpc) is 2.16. The molecule has 0 aromatic carbocycles. The topological polar surface area (TPSA) is 57.5 Å². The molecule has 14 heavy (non-hydrogen) atoms. The van der Waals surface area contributed by atoms with Gasteiger partial charge in [-0.3, -0.25) is 4.79 Å². The Morgan fingerprint density at radius 2 is 2.14 bits per heavy atom. The highest BCUT2D eigenvalue weighted by Crippen LogP contribution is 2.29. The van der Waals surface area contributed by atoms with Crippen molar-refractivity contribution < 1.29 is 15.0 Å². The average molecular weight is 218 g/mol. The van der Waals surface area contributed by atoms with Crippen LogP contribution in [0.4, 0.5) is 0 Å². The van der Waals surface area contributed by atoms with Crippen LogP contribution in [0.1, 0.15) is 32.6 Å². The minimum Gasteiger partial charge on any atom is -0.481 e. The molecular formula is C10H18O3S. The SMILES string of the molecule is CC(CSC1CCCCC1O)C(=O)O. The fourth-order valence-corrected chi connectivity index (χ4v) is 2.98. The Labute approximate surface area is 88.9 Å². The third-order valence-corrected chi connectivity index (χ3v) is 4.32. The zero-order chi connectivity index (χ0) is 10.6. The zero-order valence-electron chi connectivity index (χ0n) is 8.48. The molecule has 1 fully saturated rings. The highest BCUT2D eigenvalue weighted by molar-refractivity contribution is 8.00. The minimum absolute atomic E-state index is 0.227. The van der Waals surface area contributed by atoms with Gasteiger partial charge < -0.3 is 10.2 Å². The third kappa shape index (κ3) is 3.50. The Balaban J connectivity index is 2.25. The van der Waals surface area contributed by atoms with Crippen molar-refractivity contribution >= 4 is 17.7 Å². The van der Waals surface area contributed by atoms with Gasteiger partial charge in [0.15, 0.2) is 0 Å². The van der Waals surface area contributed by atoms with Gasteiger partial charge in [-0.1, -0.05) is 19.8 Å². The second-order valence-electron chi connectivity index (χ2n) is 3.96. The monoisotopic (exact) mass is 218 g/mol. The number of carboxylic acids is 1. The molecule has 1 aliphatic rings. The summed E-state index contributed by atoms with van der Waals surface area (Å²) < 4.78 is 0. The fourth-order valence-electron chi connectivity index (χ4n) is 1.61. The van der Waals surface area contributed by atoms with E-state index in [1.54, 1.807) is 18.7 Å². The second kappa shape index (κ2) is 5.61. The maximum absolute atomic E-state index is 10.6. The van der Waals surface area contributed by atoms with Crippen LogP contribution in [0.5, 0.6) is 0 Å². The third-order valence-electron chi connectivity index (χ3n) is 2.65. The number of hydrogen-bond acceptors (Lipinski definition) is 3. The summed E-state index contributed by atoms with van der Waals surface area (Å²) in [6, 6.07) is 0. The molecule has 1 saturated carbocycles. The van der Waals surface area contributed by atoms with Crippen molar-refractivity contribution in [3.05, 3.63) is 0 Å². The molecule has 0 bridgehead atoms. The van der Waals surface area contributed by atoms with E-state index in [0.717, 1.165) is 25.7 Å². The second-order valence-corrected chi connectivity index (χ2v) is 5.24. The molecule has 3 nitrogen and oxygen atoms in total. The smallest absolute Gasteiger partial charge is 0.307 e. The molecule has 4 heteroatoms. The van der Waals surface area contributed by atoms with E-state index in [1.807, 2.05) is 0 Å². The molecule has 0 spiro atoms. The lowest BCUT2D eigenvalue weighted by Gasteiger charge is -2.27. The van der Waals surface area contributed by atoms with Crippen LogP contribution < -0.4 is 0 Å². The van der Waals surface area contributed by atoms with E-state index in [9.17, 15) is 9.90 Å². The van der Waals surface area contributed by atoms with Gasteiger partial charge in [0.1, 0.15) is 0 Å². The molecule has 0 amide bonds. The van der Waals surface area contributed by atoms with Gasteiger partial charge in [0.05, 0.1) is 12.0 Å². The van der Waals surface area contributed by atoms with Gasteiger partial charge in [0.2, 0.25) is 0 Å². The van der Waals surface area contributed by atoms with Crippen LogP contribution in [0.3, 0.4) is 0 Å². The number of carbonyl (C=O) groups is 1. The Morgan fingerprint density at radius 1 is 1.50 bits per heavy atom. The Bertz CT molecular complexity index is 196. The number of aliphatic hydroxyl groups excluding tert-OH is 1. The van der Waals surface area contributed by atoms with Crippen LogP contribution in [0, 0.1) is 5.92 Å². The van der Waals surface area contributed by atoms with Gasteiger partial charge in [-0.25, -0.2) is 0 Å². The molecular weight excluding hydrogens is 200 g/mol. The normalized spacial score (nSPS) is 29.9. The summed E-state index contributed by atoms with van der Waals surface area (Å²) in [7, 11) is 0. The quantitative estimate of drug-likeness (QED) is 0.754. The summed E-state index contributed by atoms with van der Waals surface area (Å²) in [6.07, 6.45) is 3.94. The van der Waals surface area contributed by atoms with Crippen LogP contribution in [0.2, 0.25) is 0 Å². The lowest BCUT2D eigenvalue weighted by atomic mass is 9.97. The summed E-state index contributed by atoms with van der Waals surface area (Å²) in [5.41, 5.74) is 0. The maximum atomic E-state index is 10.6. The molecule has 2 N–H and O–H groups in total. The van der Waals surface area contributed by atoms with Crippen molar-refractivity contribution in [3.63, 3.8) is 0 Å². The lowest BCUT2D eigenvalue weighted by Crippen LogP contribution is -2.28. The molecule has 0 aromatic heterocycles. The molecule has 3 atom stereocenters. The molecule has 0 heterocycles. The van der Waals surface area contributed by atoms with Crippen LogP contribution in [-0.4, -0.2) is 33.3 Å². The van der Waals surface area contributed by atoms with Crippen molar-refractivity contribution in [2.75, 3.05) is 5.75 Å². The summed E-state index contributed by atoms with van der Waals surface area (Å²) in [5, 5.41) is 18.6. The summed E-state index contributed by atoms with van der Waals surface area (Å²) in [5.74, 6) is -0.450. The van der Waals surface area contributed by atoms with Gasteiger partial charge in [-0.05, 0) is 12.8 Å². The fraction of sp³-hybridized carbons (Fsp3) is 0.900. The van der Waals surface area contributed by atoms with Crippen molar-refractivity contribution in [2.45, 2.75) is 44.0 Å². The van der Waals surface area contributed by atoms with Gasteiger partial charge in [-0.15, -0.1) is 0 Å². The number of carboxylic acid groups (broad SMARTS) is 1. The minimum atomic E-state index is -0.747. The largest absolute Gasteiger partial charge is 0.481 e. The van der Waals surface area contributed by atoms with Crippen molar-refractivity contribution in [2.24, 2.45) is 5.92 Å². The molecule has 0 aliphatic heterocycles. The number of aliphatic carboxylic acids is 1. The van der Waals surface area contributed by atoms with E-state index in [1.165, 1.54) is 0 Å². The summed E-state index contributed by atoms with van der Waals surface area (Å²) in [6.45, 7) is 1.71. The number of aliphatic hydroxyl groups is 1. The standard InChI is InChI=1S/C10H18O3S/c1-7(10(12)13)6-14-9-5-3-2-4-8(9)11/h7-9,11H,2-6H2,1H3,(H,12,13).